The molecule has 0 saturated carbocycles. The maximum absolute atomic E-state index is 12.5. The number of hydrogen-bond acceptors (Lipinski definition) is 1. The van der Waals surface area contributed by atoms with Crippen molar-refractivity contribution in [1.29, 1.82) is 0 Å². The summed E-state index contributed by atoms with van der Waals surface area (Å²) in [5.74, 6) is -0.0671. The molecule has 2 rings (SSSR count). The molecule has 1 aliphatic heterocycles. The first-order valence-electron chi connectivity index (χ1n) is 4.08. The van der Waals surface area contributed by atoms with E-state index in [4.69, 9.17) is 4.74 Å². The van der Waals surface area contributed by atoms with Crippen LogP contribution in [0.1, 0.15) is 11.1 Å². The summed E-state index contributed by atoms with van der Waals surface area (Å²) >= 11 is 0. The molecule has 0 atom stereocenters. The molecule has 0 aliphatic carbocycles. The largest absolute Gasteiger partial charge is 0.488 e. The molecule has 0 saturated heterocycles. The first kappa shape index (κ1) is 9.12. The van der Waals surface area contributed by atoms with E-state index in [1.165, 1.54) is 6.07 Å². The second kappa shape index (κ2) is 3.04. The highest BCUT2D eigenvalue weighted by Crippen LogP contribution is 2.39. The maximum Gasteiger partial charge on any atom is 0.419 e. The lowest BCUT2D eigenvalue weighted by atomic mass is 10.1. The van der Waals surface area contributed by atoms with E-state index >= 15 is 0 Å². The zero-order chi connectivity index (χ0) is 10.2. The topological polar surface area (TPSA) is 9.23 Å². The van der Waals surface area contributed by atoms with Gasteiger partial charge in [-0.15, -0.1) is 0 Å². The van der Waals surface area contributed by atoms with Crippen molar-refractivity contribution in [3.8, 4) is 5.75 Å². The standard InChI is InChI=1S/C10H7F3O/c11-10(12,13)8-5-1-3-7-4-2-6-14-9(7)8/h1-5H,6H2. The van der Waals surface area contributed by atoms with E-state index in [-0.39, 0.29) is 12.4 Å². The minimum Gasteiger partial charge on any atom is -0.488 e. The van der Waals surface area contributed by atoms with Gasteiger partial charge >= 0.3 is 6.18 Å². The van der Waals surface area contributed by atoms with Crippen molar-refractivity contribution in [3.05, 3.63) is 35.4 Å². The average molecular weight is 200 g/mol. The molecule has 0 bridgehead atoms. The third kappa shape index (κ3) is 1.47. The molecule has 1 aromatic rings. The maximum atomic E-state index is 12.5. The minimum atomic E-state index is -4.35. The molecule has 1 heterocycles. The van der Waals surface area contributed by atoms with Crippen molar-refractivity contribution in [3.63, 3.8) is 0 Å². The minimum absolute atomic E-state index is 0.0671. The zero-order valence-corrected chi connectivity index (χ0v) is 7.14. The Morgan fingerprint density at radius 3 is 2.71 bits per heavy atom. The van der Waals surface area contributed by atoms with E-state index in [9.17, 15) is 13.2 Å². The number of halogens is 3. The normalized spacial score (nSPS) is 14.8. The van der Waals surface area contributed by atoms with Crippen LogP contribution in [0.4, 0.5) is 13.2 Å². The predicted octanol–water partition coefficient (Wildman–Crippen LogP) is 3.11. The van der Waals surface area contributed by atoms with E-state index in [0.29, 0.717) is 5.56 Å². The summed E-state index contributed by atoms with van der Waals surface area (Å²) in [7, 11) is 0. The Bertz CT molecular complexity index is 379. The monoisotopic (exact) mass is 200 g/mol. The molecule has 1 aliphatic rings. The number of alkyl halides is 3. The highest BCUT2D eigenvalue weighted by Gasteiger charge is 2.35. The number of para-hydroxylation sites is 1. The van der Waals surface area contributed by atoms with Gasteiger partial charge in [-0.2, -0.15) is 13.2 Å². The zero-order valence-electron chi connectivity index (χ0n) is 7.14. The van der Waals surface area contributed by atoms with E-state index in [1.807, 2.05) is 0 Å². The van der Waals surface area contributed by atoms with Crippen molar-refractivity contribution >= 4 is 6.08 Å². The predicted molar refractivity (Wildman–Crippen MR) is 46.0 cm³/mol. The van der Waals surface area contributed by atoms with Crippen LogP contribution in [-0.2, 0) is 6.18 Å². The number of fused-ring (bicyclic) bond motifs is 1. The molecule has 0 fully saturated rings. The first-order chi connectivity index (χ1) is 6.59. The van der Waals surface area contributed by atoms with Crippen LogP contribution in [0.5, 0.6) is 5.75 Å². The van der Waals surface area contributed by atoms with Crippen LogP contribution in [-0.4, -0.2) is 6.61 Å². The van der Waals surface area contributed by atoms with Gasteiger partial charge in [0.1, 0.15) is 12.4 Å². The second-order valence-electron chi connectivity index (χ2n) is 2.94. The van der Waals surface area contributed by atoms with Gasteiger partial charge in [-0.3, -0.25) is 0 Å². The Balaban J connectivity index is 2.57. The van der Waals surface area contributed by atoms with Crippen molar-refractivity contribution in [2.45, 2.75) is 6.18 Å². The van der Waals surface area contributed by atoms with E-state index in [2.05, 4.69) is 0 Å². The molecule has 14 heavy (non-hydrogen) atoms. The van der Waals surface area contributed by atoms with Crippen molar-refractivity contribution < 1.29 is 17.9 Å². The Kier molecular flexibility index (Phi) is 1.98. The Labute approximate surface area is 78.8 Å². The average Bonchev–Trinajstić information content (AvgIpc) is 2.15. The van der Waals surface area contributed by atoms with Crippen LogP contribution in [0.25, 0.3) is 6.08 Å². The fourth-order valence-electron chi connectivity index (χ4n) is 1.38. The fraction of sp³-hybridized carbons (Fsp3) is 0.200. The van der Waals surface area contributed by atoms with Gasteiger partial charge in [0.25, 0.3) is 0 Å². The van der Waals surface area contributed by atoms with Gasteiger partial charge < -0.3 is 4.74 Å². The molecule has 0 N–H and O–H groups in total. The molecular formula is C10H7F3O. The summed E-state index contributed by atoms with van der Waals surface area (Å²) in [6, 6.07) is 4.00. The fourth-order valence-corrected chi connectivity index (χ4v) is 1.38. The quantitative estimate of drug-likeness (QED) is 0.625. The summed E-state index contributed by atoms with van der Waals surface area (Å²) < 4.78 is 42.4. The third-order valence-electron chi connectivity index (χ3n) is 1.97. The molecule has 0 unspecified atom stereocenters. The number of benzene rings is 1. The molecule has 0 aromatic heterocycles. The summed E-state index contributed by atoms with van der Waals surface area (Å²) in [6.45, 7) is 0.195. The second-order valence-corrected chi connectivity index (χ2v) is 2.94. The SMILES string of the molecule is FC(F)(F)c1cccc2c1OCC=C2. The van der Waals surface area contributed by atoms with Crippen LogP contribution >= 0.6 is 0 Å². The highest BCUT2D eigenvalue weighted by molar-refractivity contribution is 5.62. The van der Waals surface area contributed by atoms with Gasteiger partial charge in [0, 0.05) is 5.56 Å². The van der Waals surface area contributed by atoms with Gasteiger partial charge in [-0.25, -0.2) is 0 Å². The highest BCUT2D eigenvalue weighted by atomic mass is 19.4. The Hall–Kier alpha value is -1.45. The van der Waals surface area contributed by atoms with Gasteiger partial charge in [-0.05, 0) is 12.1 Å². The van der Waals surface area contributed by atoms with E-state index in [1.54, 1.807) is 18.2 Å². The first-order valence-corrected chi connectivity index (χ1v) is 4.08. The molecule has 0 amide bonds. The van der Waals surface area contributed by atoms with Gasteiger partial charge in [0.2, 0.25) is 0 Å². The summed E-state index contributed by atoms with van der Waals surface area (Å²) in [5.41, 5.74) is -0.231. The molecule has 0 spiro atoms. The summed E-state index contributed by atoms with van der Waals surface area (Å²) in [5, 5.41) is 0. The lowest BCUT2D eigenvalue weighted by molar-refractivity contribution is -0.138. The van der Waals surface area contributed by atoms with Crippen molar-refractivity contribution in [1.82, 2.24) is 0 Å². The Morgan fingerprint density at radius 2 is 2.00 bits per heavy atom. The van der Waals surface area contributed by atoms with Crippen LogP contribution in [0, 0.1) is 0 Å². The Morgan fingerprint density at radius 1 is 1.21 bits per heavy atom. The van der Waals surface area contributed by atoms with E-state index < -0.39 is 11.7 Å². The van der Waals surface area contributed by atoms with Crippen molar-refractivity contribution in [2.24, 2.45) is 0 Å². The number of rotatable bonds is 0. The van der Waals surface area contributed by atoms with Crippen LogP contribution in [0.3, 0.4) is 0 Å². The van der Waals surface area contributed by atoms with Crippen molar-refractivity contribution in [2.75, 3.05) is 6.61 Å². The van der Waals surface area contributed by atoms with Gasteiger partial charge in [0.15, 0.2) is 0 Å². The third-order valence-corrected chi connectivity index (χ3v) is 1.97. The van der Waals surface area contributed by atoms with Crippen LogP contribution < -0.4 is 4.74 Å². The smallest absolute Gasteiger partial charge is 0.419 e. The van der Waals surface area contributed by atoms with Gasteiger partial charge in [-0.1, -0.05) is 18.2 Å². The molecule has 74 valence electrons. The molecule has 1 nitrogen and oxygen atoms in total. The molecular weight excluding hydrogens is 193 g/mol. The summed E-state index contributed by atoms with van der Waals surface area (Å²) in [6.07, 6.45) is -1.03. The van der Waals surface area contributed by atoms with E-state index in [0.717, 1.165) is 6.07 Å². The lowest BCUT2D eigenvalue weighted by Crippen LogP contribution is -2.11. The summed E-state index contributed by atoms with van der Waals surface area (Å²) in [4.78, 5) is 0. The molecule has 4 heteroatoms. The number of hydrogen-bond donors (Lipinski definition) is 0. The number of ether oxygens (including phenoxy) is 1. The molecule has 0 radical (unpaired) electrons. The molecule has 1 aromatic carbocycles. The van der Waals surface area contributed by atoms with Gasteiger partial charge in [0.05, 0.1) is 5.56 Å². The lowest BCUT2D eigenvalue weighted by Gasteiger charge is -2.17. The van der Waals surface area contributed by atoms with Crippen LogP contribution in [0.2, 0.25) is 0 Å². The van der Waals surface area contributed by atoms with Crippen LogP contribution in [0.15, 0.2) is 24.3 Å².